The first kappa shape index (κ1) is 7.64. The van der Waals surface area contributed by atoms with Crippen LogP contribution in [0.2, 0.25) is 0 Å². The molecule has 4 heteroatoms. The van der Waals surface area contributed by atoms with Crippen LogP contribution in [0, 0.1) is 0 Å². The van der Waals surface area contributed by atoms with Gasteiger partial charge in [-0.2, -0.15) is 0 Å². The van der Waals surface area contributed by atoms with Crippen molar-refractivity contribution in [3.8, 4) is 0 Å². The van der Waals surface area contributed by atoms with Crippen molar-refractivity contribution in [1.82, 2.24) is 10.6 Å². The highest BCUT2D eigenvalue weighted by Gasteiger charge is 2.16. The molecule has 0 spiro atoms. The van der Waals surface area contributed by atoms with E-state index in [0.717, 1.165) is 11.3 Å². The molecule has 12 heavy (non-hydrogen) atoms. The molecular weight excluding hydrogens is 188 g/mol. The zero-order chi connectivity index (χ0) is 8.55. The molecule has 1 aliphatic rings. The molecule has 0 aliphatic carbocycles. The van der Waals surface area contributed by atoms with Crippen molar-refractivity contribution in [1.29, 1.82) is 0 Å². The van der Waals surface area contributed by atoms with Crippen LogP contribution in [-0.4, -0.2) is 10.1 Å². The molecule has 0 amide bonds. The van der Waals surface area contributed by atoms with E-state index in [2.05, 4.69) is 10.6 Å². The molecule has 1 aromatic carbocycles. The summed E-state index contributed by atoms with van der Waals surface area (Å²) in [5.41, 5.74) is 1.80. The van der Waals surface area contributed by atoms with E-state index in [0.29, 0.717) is 10.1 Å². The second-order valence-electron chi connectivity index (χ2n) is 2.39. The van der Waals surface area contributed by atoms with Crippen molar-refractivity contribution in [2.75, 3.05) is 0 Å². The number of rotatable bonds is 0. The fourth-order valence-electron chi connectivity index (χ4n) is 1.06. The third-order valence-corrected chi connectivity index (χ3v) is 2.11. The van der Waals surface area contributed by atoms with Crippen molar-refractivity contribution in [2.45, 2.75) is 0 Å². The molecular formula is C8H5N2S2. The van der Waals surface area contributed by atoms with Gasteiger partial charge >= 0.3 is 0 Å². The molecule has 59 valence electrons. The highest BCUT2D eigenvalue weighted by Crippen LogP contribution is 2.18. The van der Waals surface area contributed by atoms with E-state index < -0.39 is 0 Å². The maximum atomic E-state index is 5.08. The van der Waals surface area contributed by atoms with Gasteiger partial charge < -0.3 is 5.32 Å². The van der Waals surface area contributed by atoms with E-state index in [4.69, 9.17) is 24.4 Å². The molecule has 1 radical (unpaired) electrons. The fraction of sp³-hybridized carbons (Fsp3) is 0. The topological polar surface area (TPSA) is 26.1 Å². The number of para-hydroxylation sites is 1. The number of fused-ring (bicyclic) bond motifs is 1. The summed E-state index contributed by atoms with van der Waals surface area (Å²) in [5, 5.41) is 7.40. The Morgan fingerprint density at radius 1 is 1.17 bits per heavy atom. The molecule has 1 aliphatic heterocycles. The molecule has 2 rings (SSSR count). The maximum Gasteiger partial charge on any atom is 0.198 e. The Kier molecular flexibility index (Phi) is 1.78. The Morgan fingerprint density at radius 3 is 2.75 bits per heavy atom. The zero-order valence-corrected chi connectivity index (χ0v) is 7.71. The Labute approximate surface area is 81.0 Å². The predicted molar refractivity (Wildman–Crippen MR) is 55.7 cm³/mol. The van der Waals surface area contributed by atoms with Crippen molar-refractivity contribution < 1.29 is 0 Å². The van der Waals surface area contributed by atoms with Gasteiger partial charge in [0.25, 0.3) is 0 Å². The van der Waals surface area contributed by atoms with Crippen LogP contribution in [0.3, 0.4) is 0 Å². The summed E-state index contributed by atoms with van der Waals surface area (Å²) in [7, 11) is 0. The van der Waals surface area contributed by atoms with E-state index >= 15 is 0 Å². The smallest absolute Gasteiger partial charge is 0.198 e. The van der Waals surface area contributed by atoms with Crippen LogP contribution >= 0.6 is 24.4 Å². The summed E-state index contributed by atoms with van der Waals surface area (Å²) < 4.78 is 0. The highest BCUT2D eigenvalue weighted by molar-refractivity contribution is 7.82. The highest BCUT2D eigenvalue weighted by atomic mass is 32.1. The number of benzene rings is 1. The molecule has 0 atom stereocenters. The fourth-order valence-corrected chi connectivity index (χ4v) is 1.60. The monoisotopic (exact) mass is 193 g/mol. The van der Waals surface area contributed by atoms with E-state index in [-0.39, 0.29) is 0 Å². The zero-order valence-electron chi connectivity index (χ0n) is 6.07. The largest absolute Gasteiger partial charge is 0.321 e. The van der Waals surface area contributed by atoms with Gasteiger partial charge in [0, 0.05) is 5.56 Å². The van der Waals surface area contributed by atoms with Gasteiger partial charge in [0.1, 0.15) is 4.99 Å². The van der Waals surface area contributed by atoms with Crippen LogP contribution in [0.15, 0.2) is 24.3 Å². The first-order valence-electron chi connectivity index (χ1n) is 3.43. The average Bonchev–Trinajstić information content (AvgIpc) is 2.04. The number of thiocarbonyl (C=S) groups is 2. The lowest BCUT2D eigenvalue weighted by Crippen LogP contribution is -2.38. The summed E-state index contributed by atoms with van der Waals surface area (Å²) in [6.45, 7) is 0. The lowest BCUT2D eigenvalue weighted by atomic mass is 10.1. The predicted octanol–water partition coefficient (Wildman–Crippen LogP) is 1.49. The summed E-state index contributed by atoms with van der Waals surface area (Å²) in [4.78, 5) is 0.658. The summed E-state index contributed by atoms with van der Waals surface area (Å²) in [5.74, 6) is 0. The molecule has 0 saturated heterocycles. The minimum absolute atomic E-state index is 0.443. The molecule has 0 bridgehead atoms. The molecule has 1 N–H and O–H groups in total. The standard InChI is InChI=1S/C8H5N2S2/c11-7-5-3-1-2-4-6(5)9-8(12)10-7/h1-4H,(H,10,11,12). The van der Waals surface area contributed by atoms with Crippen LogP contribution < -0.4 is 10.6 Å². The second-order valence-corrected chi connectivity index (χ2v) is 3.18. The van der Waals surface area contributed by atoms with Crippen LogP contribution in [0.5, 0.6) is 0 Å². The molecule has 0 aromatic heterocycles. The first-order valence-corrected chi connectivity index (χ1v) is 4.25. The molecule has 0 fully saturated rings. The van der Waals surface area contributed by atoms with Crippen LogP contribution in [0.25, 0.3) is 0 Å². The molecule has 2 nitrogen and oxygen atoms in total. The van der Waals surface area contributed by atoms with Crippen LogP contribution in [0.4, 0.5) is 5.69 Å². The molecule has 0 unspecified atom stereocenters. The average molecular weight is 193 g/mol. The molecule has 0 saturated carbocycles. The van der Waals surface area contributed by atoms with Gasteiger partial charge in [0.05, 0.1) is 5.69 Å². The number of nitrogens with one attached hydrogen (secondary N) is 1. The lowest BCUT2D eigenvalue weighted by Gasteiger charge is -2.17. The van der Waals surface area contributed by atoms with E-state index in [9.17, 15) is 0 Å². The summed E-state index contributed by atoms with van der Waals surface area (Å²) >= 11 is 9.97. The lowest BCUT2D eigenvalue weighted by molar-refractivity contribution is 1.16. The summed E-state index contributed by atoms with van der Waals surface area (Å²) in [6, 6.07) is 7.67. The van der Waals surface area contributed by atoms with Gasteiger partial charge in [-0.15, -0.1) is 0 Å². The molecule has 1 aromatic rings. The number of hydrogen-bond acceptors (Lipinski definition) is 2. The van der Waals surface area contributed by atoms with E-state index in [1.807, 2.05) is 24.3 Å². The van der Waals surface area contributed by atoms with Crippen LogP contribution in [-0.2, 0) is 0 Å². The van der Waals surface area contributed by atoms with E-state index in [1.165, 1.54) is 0 Å². The normalized spacial score (nSPS) is 14.7. The minimum Gasteiger partial charge on any atom is -0.321 e. The van der Waals surface area contributed by atoms with Gasteiger partial charge in [-0.3, -0.25) is 0 Å². The SMILES string of the molecule is S=C1[N]c2ccccc2C(=S)N1. The Hall–Kier alpha value is -1.00. The first-order chi connectivity index (χ1) is 5.77. The number of hydrogen-bond donors (Lipinski definition) is 1. The van der Waals surface area contributed by atoms with Crippen molar-refractivity contribution in [3.05, 3.63) is 29.8 Å². The third-order valence-electron chi connectivity index (χ3n) is 1.59. The van der Waals surface area contributed by atoms with Gasteiger partial charge in [-0.1, -0.05) is 24.4 Å². The quantitative estimate of drug-likeness (QED) is 0.632. The van der Waals surface area contributed by atoms with Gasteiger partial charge in [-0.05, 0) is 24.4 Å². The second kappa shape index (κ2) is 2.80. The number of nitrogens with zero attached hydrogens (tertiary/aromatic N) is 1. The Bertz CT molecular complexity index is 360. The maximum absolute atomic E-state index is 5.08. The Morgan fingerprint density at radius 2 is 1.92 bits per heavy atom. The van der Waals surface area contributed by atoms with Gasteiger partial charge in [-0.25, -0.2) is 5.32 Å². The van der Waals surface area contributed by atoms with Gasteiger partial charge in [0.15, 0.2) is 5.11 Å². The van der Waals surface area contributed by atoms with E-state index in [1.54, 1.807) is 0 Å². The van der Waals surface area contributed by atoms with Crippen molar-refractivity contribution in [2.24, 2.45) is 0 Å². The molecule has 1 heterocycles. The third kappa shape index (κ3) is 1.19. The minimum atomic E-state index is 0.443. The van der Waals surface area contributed by atoms with Crippen molar-refractivity contribution >= 4 is 40.2 Å². The Balaban J connectivity index is 2.54. The van der Waals surface area contributed by atoms with Crippen molar-refractivity contribution in [3.63, 3.8) is 0 Å². The summed E-state index contributed by atoms with van der Waals surface area (Å²) in [6.07, 6.45) is 0. The van der Waals surface area contributed by atoms with Gasteiger partial charge in [0.2, 0.25) is 0 Å². The van der Waals surface area contributed by atoms with Crippen LogP contribution in [0.1, 0.15) is 5.56 Å².